The van der Waals surface area contributed by atoms with Crippen molar-refractivity contribution >= 4 is 0 Å². The Morgan fingerprint density at radius 1 is 1.50 bits per heavy atom. The van der Waals surface area contributed by atoms with Crippen LogP contribution in [0.1, 0.15) is 25.1 Å². The van der Waals surface area contributed by atoms with Crippen LogP contribution in [0.15, 0.2) is 18.3 Å². The zero-order valence-corrected chi connectivity index (χ0v) is 8.86. The molecule has 0 amide bonds. The summed E-state index contributed by atoms with van der Waals surface area (Å²) in [5.74, 6) is 0.575. The lowest BCUT2D eigenvalue weighted by Gasteiger charge is -2.07. The third-order valence-corrected chi connectivity index (χ3v) is 1.81. The quantitative estimate of drug-likeness (QED) is 0.776. The third-order valence-electron chi connectivity index (χ3n) is 1.81. The van der Waals surface area contributed by atoms with Gasteiger partial charge in [-0.3, -0.25) is 4.98 Å². The summed E-state index contributed by atoms with van der Waals surface area (Å²) in [6.45, 7) is 6.20. The van der Waals surface area contributed by atoms with E-state index in [-0.39, 0.29) is 0 Å². The Kier molecular flexibility index (Phi) is 4.56. The van der Waals surface area contributed by atoms with Crippen LogP contribution in [-0.2, 0) is 17.9 Å². The number of rotatable bonds is 5. The zero-order chi connectivity index (χ0) is 10.4. The van der Waals surface area contributed by atoms with Crippen LogP contribution in [-0.4, -0.2) is 11.6 Å². The molecule has 1 aromatic rings. The van der Waals surface area contributed by atoms with E-state index in [1.165, 1.54) is 0 Å². The van der Waals surface area contributed by atoms with Crippen molar-refractivity contribution in [1.29, 1.82) is 0 Å². The van der Waals surface area contributed by atoms with Gasteiger partial charge in [-0.05, 0) is 23.6 Å². The van der Waals surface area contributed by atoms with Gasteiger partial charge in [-0.1, -0.05) is 13.8 Å². The monoisotopic (exact) mass is 194 g/mol. The Bertz CT molecular complexity index is 274. The molecule has 0 aliphatic rings. The molecule has 1 heterocycles. The number of aromatic nitrogens is 1. The van der Waals surface area contributed by atoms with Gasteiger partial charge in [-0.25, -0.2) is 0 Å². The van der Waals surface area contributed by atoms with Gasteiger partial charge in [0.1, 0.15) is 0 Å². The smallest absolute Gasteiger partial charge is 0.0718 e. The molecule has 0 saturated carbocycles. The van der Waals surface area contributed by atoms with Gasteiger partial charge < -0.3 is 10.5 Å². The van der Waals surface area contributed by atoms with Crippen LogP contribution in [0.25, 0.3) is 0 Å². The van der Waals surface area contributed by atoms with Gasteiger partial charge in [0.05, 0.1) is 12.3 Å². The van der Waals surface area contributed by atoms with Gasteiger partial charge in [-0.15, -0.1) is 0 Å². The topological polar surface area (TPSA) is 48.1 Å². The molecule has 0 fully saturated rings. The Labute approximate surface area is 85.3 Å². The summed E-state index contributed by atoms with van der Waals surface area (Å²) in [4.78, 5) is 4.12. The fraction of sp³-hybridized carbons (Fsp3) is 0.545. The highest BCUT2D eigenvalue weighted by Gasteiger charge is 1.97. The van der Waals surface area contributed by atoms with E-state index in [0.29, 0.717) is 19.1 Å². The van der Waals surface area contributed by atoms with Gasteiger partial charge in [0.15, 0.2) is 0 Å². The Morgan fingerprint density at radius 2 is 2.29 bits per heavy atom. The summed E-state index contributed by atoms with van der Waals surface area (Å²) in [7, 11) is 0. The summed E-state index contributed by atoms with van der Waals surface area (Å²) in [6.07, 6.45) is 1.77. The number of nitrogens with two attached hydrogens (primary N) is 1. The first kappa shape index (κ1) is 11.1. The van der Waals surface area contributed by atoms with Crippen LogP contribution in [0.2, 0.25) is 0 Å². The first-order valence-corrected chi connectivity index (χ1v) is 4.94. The third kappa shape index (κ3) is 3.85. The van der Waals surface area contributed by atoms with E-state index in [1.807, 2.05) is 12.1 Å². The Hall–Kier alpha value is -0.930. The van der Waals surface area contributed by atoms with Gasteiger partial charge in [0, 0.05) is 19.3 Å². The maximum absolute atomic E-state index is 5.51. The van der Waals surface area contributed by atoms with Crippen molar-refractivity contribution in [3.8, 4) is 0 Å². The molecule has 0 saturated heterocycles. The van der Waals surface area contributed by atoms with Crippen LogP contribution in [0.5, 0.6) is 0 Å². The van der Waals surface area contributed by atoms with Gasteiger partial charge in [0.2, 0.25) is 0 Å². The molecule has 0 spiro atoms. The Morgan fingerprint density at radius 3 is 2.93 bits per heavy atom. The summed E-state index contributed by atoms with van der Waals surface area (Å²) < 4.78 is 5.51. The lowest BCUT2D eigenvalue weighted by molar-refractivity contribution is 0.0970. The van der Waals surface area contributed by atoms with E-state index in [0.717, 1.165) is 17.9 Å². The van der Waals surface area contributed by atoms with Crippen LogP contribution >= 0.6 is 0 Å². The maximum atomic E-state index is 5.51. The average molecular weight is 194 g/mol. The minimum Gasteiger partial charge on any atom is -0.377 e. The largest absolute Gasteiger partial charge is 0.377 e. The normalized spacial score (nSPS) is 10.9. The summed E-state index contributed by atoms with van der Waals surface area (Å²) in [6, 6.07) is 3.94. The second kappa shape index (κ2) is 5.73. The second-order valence-electron chi connectivity index (χ2n) is 3.77. The molecule has 0 aliphatic heterocycles. The van der Waals surface area contributed by atoms with E-state index in [1.54, 1.807) is 6.20 Å². The van der Waals surface area contributed by atoms with Crippen LogP contribution in [0, 0.1) is 5.92 Å². The fourth-order valence-corrected chi connectivity index (χ4v) is 1.14. The van der Waals surface area contributed by atoms with Crippen molar-refractivity contribution in [2.24, 2.45) is 11.7 Å². The molecule has 14 heavy (non-hydrogen) atoms. The fourth-order valence-electron chi connectivity index (χ4n) is 1.14. The molecule has 0 atom stereocenters. The minimum atomic E-state index is 0.484. The molecule has 0 aromatic carbocycles. The van der Waals surface area contributed by atoms with E-state index in [4.69, 9.17) is 10.5 Å². The number of hydrogen-bond acceptors (Lipinski definition) is 3. The predicted octanol–water partition coefficient (Wildman–Crippen LogP) is 1.71. The van der Waals surface area contributed by atoms with Crippen molar-refractivity contribution in [2.45, 2.75) is 27.0 Å². The molecule has 1 rings (SSSR count). The summed E-state index contributed by atoms with van der Waals surface area (Å²) in [5, 5.41) is 0. The van der Waals surface area contributed by atoms with E-state index in [9.17, 15) is 0 Å². The molecule has 0 radical (unpaired) electrons. The van der Waals surface area contributed by atoms with Crippen molar-refractivity contribution in [1.82, 2.24) is 4.98 Å². The molecule has 0 bridgehead atoms. The maximum Gasteiger partial charge on any atom is 0.0718 e. The van der Waals surface area contributed by atoms with Crippen LogP contribution in [0.4, 0.5) is 0 Å². The van der Waals surface area contributed by atoms with Gasteiger partial charge in [-0.2, -0.15) is 0 Å². The molecular weight excluding hydrogens is 176 g/mol. The highest BCUT2D eigenvalue weighted by atomic mass is 16.5. The van der Waals surface area contributed by atoms with Crippen LogP contribution in [0.3, 0.4) is 0 Å². The molecule has 1 aromatic heterocycles. The number of nitrogens with zero attached hydrogens (tertiary/aromatic N) is 1. The zero-order valence-electron chi connectivity index (χ0n) is 8.86. The molecule has 3 nitrogen and oxygen atoms in total. The number of pyridine rings is 1. The summed E-state index contributed by atoms with van der Waals surface area (Å²) >= 11 is 0. The number of hydrogen-bond donors (Lipinski definition) is 1. The first-order chi connectivity index (χ1) is 6.72. The van der Waals surface area contributed by atoms with Crippen molar-refractivity contribution < 1.29 is 4.74 Å². The van der Waals surface area contributed by atoms with Crippen molar-refractivity contribution in [3.63, 3.8) is 0 Å². The second-order valence-corrected chi connectivity index (χ2v) is 3.77. The number of ether oxygens (including phenoxy) is 1. The molecule has 2 N–H and O–H groups in total. The molecule has 78 valence electrons. The molecule has 0 unspecified atom stereocenters. The van der Waals surface area contributed by atoms with Gasteiger partial charge >= 0.3 is 0 Å². The highest BCUT2D eigenvalue weighted by Crippen LogP contribution is 2.04. The Balaban J connectivity index is 2.42. The van der Waals surface area contributed by atoms with Crippen LogP contribution < -0.4 is 5.73 Å². The lowest BCUT2D eigenvalue weighted by Crippen LogP contribution is -2.04. The van der Waals surface area contributed by atoms with Crippen molar-refractivity contribution in [3.05, 3.63) is 29.6 Å². The van der Waals surface area contributed by atoms with Crippen molar-refractivity contribution in [2.75, 3.05) is 6.61 Å². The van der Waals surface area contributed by atoms with E-state index >= 15 is 0 Å². The SMILES string of the molecule is CC(C)COCc1ccnc(CN)c1. The molecule has 3 heteroatoms. The standard InChI is InChI=1S/C11H18N2O/c1-9(2)7-14-8-10-3-4-13-11(5-10)6-12/h3-5,9H,6-8,12H2,1-2H3. The molecular formula is C11H18N2O. The average Bonchev–Trinajstić information content (AvgIpc) is 2.18. The minimum absolute atomic E-state index is 0.484. The van der Waals surface area contributed by atoms with E-state index in [2.05, 4.69) is 18.8 Å². The lowest BCUT2D eigenvalue weighted by atomic mass is 10.2. The van der Waals surface area contributed by atoms with Gasteiger partial charge in [0.25, 0.3) is 0 Å². The predicted molar refractivity (Wildman–Crippen MR) is 56.6 cm³/mol. The first-order valence-electron chi connectivity index (χ1n) is 4.94. The highest BCUT2D eigenvalue weighted by molar-refractivity contribution is 5.15. The summed E-state index contributed by atoms with van der Waals surface area (Å²) in [5.41, 5.74) is 7.54. The molecule has 0 aliphatic carbocycles. The van der Waals surface area contributed by atoms with E-state index < -0.39 is 0 Å².